The monoisotopic (exact) mass is 568 g/mol. The molecule has 0 unspecified atom stereocenters. The van der Waals surface area contributed by atoms with Gasteiger partial charge in [0.15, 0.2) is 0 Å². The highest BCUT2D eigenvalue weighted by atomic mass is 16.5. The van der Waals surface area contributed by atoms with Crippen molar-refractivity contribution in [1.82, 2.24) is 26.2 Å². The van der Waals surface area contributed by atoms with E-state index in [2.05, 4.69) is 99.0 Å². The molecule has 224 valence electrons. The van der Waals surface area contributed by atoms with Gasteiger partial charge in [-0.3, -0.25) is 0 Å². The van der Waals surface area contributed by atoms with Crippen molar-refractivity contribution in [1.29, 1.82) is 0 Å². The molecule has 6 N–H and O–H groups in total. The fourth-order valence-corrected chi connectivity index (χ4v) is 5.58. The molecule has 8 heterocycles. The Hall–Kier alpha value is -2.88. The third-order valence-corrected chi connectivity index (χ3v) is 7.99. The lowest BCUT2D eigenvalue weighted by atomic mass is 10.0. The number of nitrogens with zero attached hydrogens (tertiary/aromatic N) is 1. The Morgan fingerprint density at radius 2 is 0.929 bits per heavy atom. The number of nitrogens with one attached hydrogen (secondary N) is 4. The van der Waals surface area contributed by atoms with Gasteiger partial charge in [-0.05, 0) is 87.6 Å². The summed E-state index contributed by atoms with van der Waals surface area (Å²) in [6.45, 7) is 12.3. The lowest BCUT2D eigenvalue weighted by molar-refractivity contribution is 0.137. The minimum absolute atomic E-state index is 0.712. The summed E-state index contributed by atoms with van der Waals surface area (Å²) in [7, 11) is 0. The van der Waals surface area contributed by atoms with E-state index in [1.807, 2.05) is 0 Å². The van der Waals surface area contributed by atoms with E-state index < -0.39 is 0 Å². The van der Waals surface area contributed by atoms with Gasteiger partial charge in [0, 0.05) is 65.4 Å². The third kappa shape index (κ3) is 9.57. The van der Waals surface area contributed by atoms with Gasteiger partial charge in [0.1, 0.15) is 0 Å². The average molecular weight is 569 g/mol. The molecule has 0 atom stereocenters. The topological polar surface area (TPSA) is 86.6 Å². The molecule has 0 amide bonds. The lowest BCUT2D eigenvalue weighted by Crippen LogP contribution is -2.38. The molecule has 7 nitrogen and oxygen atoms in total. The van der Waals surface area contributed by atoms with E-state index >= 15 is 0 Å². The van der Waals surface area contributed by atoms with Crippen molar-refractivity contribution in [3.8, 4) is 0 Å². The Morgan fingerprint density at radius 3 is 1.31 bits per heavy atom. The highest BCUT2D eigenvalue weighted by molar-refractivity contribution is 5.84. The van der Waals surface area contributed by atoms with Gasteiger partial charge < -0.3 is 36.6 Å². The first kappa shape index (κ1) is 30.6. The van der Waals surface area contributed by atoms with Gasteiger partial charge in [-0.25, -0.2) is 0 Å². The summed E-state index contributed by atoms with van der Waals surface area (Å²) in [5.74, 6) is 0. The highest BCUT2D eigenvalue weighted by Crippen LogP contribution is 2.19. The Bertz CT molecular complexity index is 1290. The molecule has 8 aliphatic heterocycles. The minimum Gasteiger partial charge on any atom is -0.379 e. The van der Waals surface area contributed by atoms with Crippen LogP contribution in [0.25, 0.3) is 21.5 Å². The maximum atomic E-state index is 5.83. The number of hydrogen-bond donors (Lipinski definition) is 5. The van der Waals surface area contributed by atoms with Crippen LogP contribution in [0.15, 0.2) is 72.8 Å². The number of ether oxygens (including phenoxy) is 1. The molecule has 8 aliphatic rings. The molecule has 7 heteroatoms. The number of nitrogens with two attached hydrogens (primary N) is 1. The standard InChI is InChI=1S/C35H48N6O/c36-10-1-15-41-16-11-37-24-28-2-6-34-22-30(4-8-32(34)20-28)26-39-13-18-42-19-14-40-27-31-5-9-33-21-29(25-38-12-17-41)3-7-35(33)23-31/h2-9,20-23,37-40H,1,10-19,24-27,36H2. The molecule has 42 heavy (non-hydrogen) atoms. The van der Waals surface area contributed by atoms with Crippen molar-refractivity contribution < 1.29 is 4.74 Å². The van der Waals surface area contributed by atoms with Gasteiger partial charge in [0.2, 0.25) is 0 Å². The molecule has 0 fully saturated rings. The third-order valence-electron chi connectivity index (χ3n) is 7.99. The summed E-state index contributed by atoms with van der Waals surface area (Å²) in [5, 5.41) is 19.5. The van der Waals surface area contributed by atoms with E-state index in [1.54, 1.807) is 0 Å². The van der Waals surface area contributed by atoms with E-state index in [1.165, 1.54) is 43.8 Å². The first-order valence-corrected chi connectivity index (χ1v) is 15.6. The Morgan fingerprint density at radius 1 is 0.548 bits per heavy atom. The van der Waals surface area contributed by atoms with Gasteiger partial charge in [0.25, 0.3) is 0 Å². The van der Waals surface area contributed by atoms with E-state index in [-0.39, 0.29) is 0 Å². The van der Waals surface area contributed by atoms with Crippen molar-refractivity contribution in [3.05, 3.63) is 95.1 Å². The van der Waals surface area contributed by atoms with Crippen molar-refractivity contribution in [2.75, 3.05) is 65.6 Å². The number of hydrogen-bond acceptors (Lipinski definition) is 7. The van der Waals surface area contributed by atoms with Crippen LogP contribution < -0.4 is 27.0 Å². The van der Waals surface area contributed by atoms with Gasteiger partial charge in [-0.15, -0.1) is 0 Å². The smallest absolute Gasteiger partial charge is 0.0591 e. The Labute approximate surface area is 251 Å². The fourth-order valence-electron chi connectivity index (χ4n) is 5.58. The molecule has 4 aromatic rings. The second kappa shape index (κ2) is 16.7. The van der Waals surface area contributed by atoms with E-state index in [0.29, 0.717) is 13.2 Å². The van der Waals surface area contributed by atoms with Crippen LogP contribution in [-0.2, 0) is 30.9 Å². The Kier molecular flexibility index (Phi) is 12.1. The molecule has 0 aliphatic carbocycles. The first-order valence-electron chi connectivity index (χ1n) is 15.6. The second-order valence-electron chi connectivity index (χ2n) is 11.3. The van der Waals surface area contributed by atoms with Crippen LogP contribution in [0.4, 0.5) is 0 Å². The molecular formula is C35H48N6O. The lowest BCUT2D eigenvalue weighted by Gasteiger charge is -2.22. The molecule has 12 rings (SSSR count). The van der Waals surface area contributed by atoms with Gasteiger partial charge in [-0.1, -0.05) is 48.5 Å². The van der Waals surface area contributed by atoms with Gasteiger partial charge in [-0.2, -0.15) is 0 Å². The summed E-state index contributed by atoms with van der Waals surface area (Å²) in [6, 6.07) is 27.1. The zero-order valence-corrected chi connectivity index (χ0v) is 25.0. The zero-order valence-electron chi connectivity index (χ0n) is 25.0. The van der Waals surface area contributed by atoms with Crippen LogP contribution in [0.3, 0.4) is 0 Å². The quantitative estimate of drug-likeness (QED) is 0.258. The van der Waals surface area contributed by atoms with Gasteiger partial charge >= 0.3 is 0 Å². The molecule has 0 saturated carbocycles. The molecule has 0 spiro atoms. The van der Waals surface area contributed by atoms with Crippen molar-refractivity contribution >= 4 is 21.5 Å². The van der Waals surface area contributed by atoms with E-state index in [0.717, 1.165) is 85.0 Å². The number of benzene rings is 4. The van der Waals surface area contributed by atoms with E-state index in [9.17, 15) is 0 Å². The van der Waals surface area contributed by atoms with Crippen LogP contribution in [0, 0.1) is 0 Å². The van der Waals surface area contributed by atoms with Crippen molar-refractivity contribution in [3.63, 3.8) is 0 Å². The fraction of sp³-hybridized carbons (Fsp3) is 0.429. The maximum Gasteiger partial charge on any atom is 0.0591 e. The van der Waals surface area contributed by atoms with E-state index in [4.69, 9.17) is 10.5 Å². The summed E-state index contributed by atoms with van der Waals surface area (Å²) in [5.41, 5.74) is 11.1. The van der Waals surface area contributed by atoms with Crippen molar-refractivity contribution in [2.24, 2.45) is 5.73 Å². The molecule has 0 saturated heterocycles. The summed E-state index contributed by atoms with van der Waals surface area (Å²) >= 11 is 0. The zero-order chi connectivity index (χ0) is 28.8. The van der Waals surface area contributed by atoms with Crippen LogP contribution in [-0.4, -0.2) is 70.5 Å². The molecule has 0 radical (unpaired) electrons. The molecule has 4 aromatic carbocycles. The maximum absolute atomic E-state index is 5.83. The molecule has 8 bridgehead atoms. The van der Waals surface area contributed by atoms with Gasteiger partial charge in [0.05, 0.1) is 13.2 Å². The average Bonchev–Trinajstić information content (AvgIpc) is 3.02. The van der Waals surface area contributed by atoms with Crippen LogP contribution in [0.2, 0.25) is 0 Å². The predicted octanol–water partition coefficient (Wildman–Crippen LogP) is 3.73. The minimum atomic E-state index is 0.712. The number of rotatable bonds is 3. The predicted molar refractivity (Wildman–Crippen MR) is 176 cm³/mol. The van der Waals surface area contributed by atoms with Crippen molar-refractivity contribution in [2.45, 2.75) is 32.6 Å². The van der Waals surface area contributed by atoms with Crippen LogP contribution in [0.1, 0.15) is 28.7 Å². The summed E-state index contributed by atoms with van der Waals surface area (Å²) in [4.78, 5) is 2.52. The summed E-state index contributed by atoms with van der Waals surface area (Å²) < 4.78 is 5.83. The summed E-state index contributed by atoms with van der Waals surface area (Å²) in [6.07, 6.45) is 1.03. The molecule has 0 aromatic heterocycles. The molecular weight excluding hydrogens is 520 g/mol. The highest BCUT2D eigenvalue weighted by Gasteiger charge is 2.06. The van der Waals surface area contributed by atoms with Crippen LogP contribution in [0.5, 0.6) is 0 Å². The Balaban J connectivity index is 1.20. The normalized spacial score (nSPS) is 17.6. The largest absolute Gasteiger partial charge is 0.379 e. The first-order chi connectivity index (χ1) is 20.8. The van der Waals surface area contributed by atoms with Crippen LogP contribution >= 0.6 is 0 Å². The second-order valence-corrected chi connectivity index (χ2v) is 11.3. The SMILES string of the molecule is NCCCN1CCNCc2ccc3cc(ccc3c2)CNCCOCCNCc2ccc3cc(ccc3c2)CNCC1.